The van der Waals surface area contributed by atoms with Gasteiger partial charge in [-0.1, -0.05) is 13.8 Å². The minimum Gasteiger partial charge on any atom is -0.336 e. The zero-order chi connectivity index (χ0) is 13.8. The molecule has 0 spiro atoms. The zero-order valence-corrected chi connectivity index (χ0v) is 11.7. The number of piperidine rings is 1. The van der Waals surface area contributed by atoms with E-state index in [9.17, 15) is 4.79 Å². The third kappa shape index (κ3) is 3.32. The van der Waals surface area contributed by atoms with Gasteiger partial charge in [0.2, 0.25) is 5.82 Å². The average molecular weight is 265 g/mol. The Kier molecular flexibility index (Phi) is 4.52. The van der Waals surface area contributed by atoms with Crippen LogP contribution < -0.4 is 5.73 Å². The van der Waals surface area contributed by atoms with Crippen LogP contribution in [0.4, 0.5) is 0 Å². The van der Waals surface area contributed by atoms with Gasteiger partial charge in [-0.2, -0.15) is 0 Å². The van der Waals surface area contributed by atoms with Gasteiger partial charge in [0.05, 0.1) is 0 Å². The summed E-state index contributed by atoms with van der Waals surface area (Å²) in [5.74, 6) is 1.76. The van der Waals surface area contributed by atoms with E-state index < -0.39 is 0 Å². The van der Waals surface area contributed by atoms with Crippen LogP contribution >= 0.6 is 0 Å². The number of rotatable bonds is 4. The van der Waals surface area contributed by atoms with E-state index >= 15 is 0 Å². The molecule has 1 aliphatic heterocycles. The van der Waals surface area contributed by atoms with Crippen LogP contribution in [0.5, 0.6) is 0 Å². The Morgan fingerprint density at radius 1 is 1.58 bits per heavy atom. The average Bonchev–Trinajstić information content (AvgIpc) is 2.88. The largest absolute Gasteiger partial charge is 0.336 e. The first-order valence-electron chi connectivity index (χ1n) is 7.03. The summed E-state index contributed by atoms with van der Waals surface area (Å²) in [4.78, 5) is 18.5. The van der Waals surface area contributed by atoms with Crippen molar-refractivity contribution in [1.82, 2.24) is 20.1 Å². The molecule has 106 valence electrons. The van der Waals surface area contributed by atoms with Crippen LogP contribution in [0.2, 0.25) is 0 Å². The highest BCUT2D eigenvalue weighted by molar-refractivity contribution is 5.90. The third-order valence-electron chi connectivity index (χ3n) is 3.62. The summed E-state index contributed by atoms with van der Waals surface area (Å²) in [6.07, 6.45) is 3.18. The normalized spacial score (nSPS) is 20.0. The van der Waals surface area contributed by atoms with E-state index in [-0.39, 0.29) is 17.6 Å². The third-order valence-corrected chi connectivity index (χ3v) is 3.62. The molecular formula is C13H23N5O. The van der Waals surface area contributed by atoms with Crippen molar-refractivity contribution in [2.45, 2.75) is 39.0 Å². The second kappa shape index (κ2) is 6.14. The van der Waals surface area contributed by atoms with Gasteiger partial charge in [0.25, 0.3) is 5.91 Å². The highest BCUT2D eigenvalue weighted by atomic mass is 16.2. The van der Waals surface area contributed by atoms with Gasteiger partial charge >= 0.3 is 0 Å². The van der Waals surface area contributed by atoms with Crippen molar-refractivity contribution in [3.8, 4) is 0 Å². The van der Waals surface area contributed by atoms with E-state index in [1.807, 2.05) is 18.7 Å². The molecule has 19 heavy (non-hydrogen) atoms. The molecule has 1 amide bonds. The number of nitrogens with two attached hydrogens (primary N) is 1. The first-order chi connectivity index (χ1) is 9.11. The maximum atomic E-state index is 12.3. The van der Waals surface area contributed by atoms with Crippen molar-refractivity contribution in [3.05, 3.63) is 11.6 Å². The SMILES string of the molecule is CC(C)c1nc(C(=O)N2CCCC(CCN)C2)n[nH]1. The number of carbonyl (C=O) groups excluding carboxylic acids is 1. The molecule has 3 N–H and O–H groups in total. The van der Waals surface area contributed by atoms with E-state index in [0.29, 0.717) is 12.5 Å². The van der Waals surface area contributed by atoms with Gasteiger partial charge in [-0.05, 0) is 31.7 Å². The summed E-state index contributed by atoms with van der Waals surface area (Å²) in [7, 11) is 0. The summed E-state index contributed by atoms with van der Waals surface area (Å²) in [5.41, 5.74) is 5.60. The standard InChI is InChI=1S/C13H23N5O/c1-9(2)11-15-12(17-16-11)13(19)18-7-3-4-10(8-18)5-6-14/h9-10H,3-8,14H2,1-2H3,(H,15,16,17). The van der Waals surface area contributed by atoms with E-state index in [2.05, 4.69) is 15.2 Å². The molecule has 0 saturated carbocycles. The molecule has 1 aromatic heterocycles. The van der Waals surface area contributed by atoms with Crippen LogP contribution in [0.25, 0.3) is 0 Å². The first-order valence-corrected chi connectivity index (χ1v) is 7.03. The number of carbonyl (C=O) groups is 1. The van der Waals surface area contributed by atoms with Crippen molar-refractivity contribution in [1.29, 1.82) is 0 Å². The van der Waals surface area contributed by atoms with Gasteiger partial charge in [-0.25, -0.2) is 4.98 Å². The van der Waals surface area contributed by atoms with Gasteiger partial charge in [0.15, 0.2) is 0 Å². The van der Waals surface area contributed by atoms with Crippen LogP contribution in [-0.4, -0.2) is 45.6 Å². The summed E-state index contributed by atoms with van der Waals surface area (Å²) >= 11 is 0. The minimum absolute atomic E-state index is 0.0649. The van der Waals surface area contributed by atoms with Crippen molar-refractivity contribution < 1.29 is 4.79 Å². The molecule has 0 aliphatic carbocycles. The molecule has 0 aromatic carbocycles. The summed E-state index contributed by atoms with van der Waals surface area (Å²) in [5, 5.41) is 6.86. The Morgan fingerprint density at radius 3 is 3.00 bits per heavy atom. The quantitative estimate of drug-likeness (QED) is 0.854. The number of aromatic amines is 1. The Bertz CT molecular complexity index is 426. The Balaban J connectivity index is 2.01. The highest BCUT2D eigenvalue weighted by Crippen LogP contribution is 2.20. The number of aromatic nitrogens is 3. The van der Waals surface area contributed by atoms with Gasteiger partial charge in [0, 0.05) is 19.0 Å². The molecule has 6 heteroatoms. The molecule has 1 saturated heterocycles. The van der Waals surface area contributed by atoms with E-state index in [1.165, 1.54) is 0 Å². The number of nitrogens with zero attached hydrogens (tertiary/aromatic N) is 3. The Labute approximate surface area is 113 Å². The number of nitrogens with one attached hydrogen (secondary N) is 1. The lowest BCUT2D eigenvalue weighted by atomic mass is 9.95. The predicted molar refractivity (Wildman–Crippen MR) is 72.8 cm³/mol. The Hall–Kier alpha value is -1.43. The molecule has 2 rings (SSSR count). The number of likely N-dealkylation sites (tertiary alicyclic amines) is 1. The highest BCUT2D eigenvalue weighted by Gasteiger charge is 2.26. The van der Waals surface area contributed by atoms with Crippen molar-refractivity contribution in [3.63, 3.8) is 0 Å². The number of hydrogen-bond acceptors (Lipinski definition) is 4. The maximum Gasteiger partial charge on any atom is 0.293 e. The molecule has 6 nitrogen and oxygen atoms in total. The molecule has 1 atom stereocenters. The molecule has 1 fully saturated rings. The van der Waals surface area contributed by atoms with E-state index in [0.717, 1.165) is 38.2 Å². The van der Waals surface area contributed by atoms with Crippen molar-refractivity contribution >= 4 is 5.91 Å². The van der Waals surface area contributed by atoms with E-state index in [1.54, 1.807) is 0 Å². The fourth-order valence-corrected chi connectivity index (χ4v) is 2.49. The fourth-order valence-electron chi connectivity index (χ4n) is 2.49. The maximum absolute atomic E-state index is 12.3. The lowest BCUT2D eigenvalue weighted by Crippen LogP contribution is -2.40. The van der Waals surface area contributed by atoms with Crippen LogP contribution in [0.1, 0.15) is 55.5 Å². The Morgan fingerprint density at radius 2 is 2.37 bits per heavy atom. The minimum atomic E-state index is -0.0649. The molecule has 2 heterocycles. The summed E-state index contributed by atoms with van der Waals surface area (Å²) in [6.45, 7) is 6.30. The molecule has 0 radical (unpaired) electrons. The number of hydrogen-bond donors (Lipinski definition) is 2. The lowest BCUT2D eigenvalue weighted by Gasteiger charge is -2.31. The zero-order valence-electron chi connectivity index (χ0n) is 11.7. The summed E-state index contributed by atoms with van der Waals surface area (Å²) < 4.78 is 0. The van der Waals surface area contributed by atoms with Crippen LogP contribution in [0.15, 0.2) is 0 Å². The monoisotopic (exact) mass is 265 g/mol. The lowest BCUT2D eigenvalue weighted by molar-refractivity contribution is 0.0657. The van der Waals surface area contributed by atoms with Gasteiger partial charge < -0.3 is 10.6 Å². The predicted octanol–water partition coefficient (Wildman–Crippen LogP) is 1.13. The van der Waals surface area contributed by atoms with Gasteiger partial charge in [-0.15, -0.1) is 5.10 Å². The molecule has 0 bridgehead atoms. The van der Waals surface area contributed by atoms with Crippen molar-refractivity contribution in [2.24, 2.45) is 11.7 Å². The smallest absolute Gasteiger partial charge is 0.293 e. The van der Waals surface area contributed by atoms with Gasteiger partial charge in [-0.3, -0.25) is 9.89 Å². The van der Waals surface area contributed by atoms with Crippen LogP contribution in [-0.2, 0) is 0 Å². The van der Waals surface area contributed by atoms with Gasteiger partial charge in [0.1, 0.15) is 5.82 Å². The second-order valence-corrected chi connectivity index (χ2v) is 5.54. The van der Waals surface area contributed by atoms with E-state index in [4.69, 9.17) is 5.73 Å². The molecule has 1 unspecified atom stereocenters. The van der Waals surface area contributed by atoms with Crippen LogP contribution in [0, 0.1) is 5.92 Å². The van der Waals surface area contributed by atoms with Crippen molar-refractivity contribution in [2.75, 3.05) is 19.6 Å². The van der Waals surface area contributed by atoms with Crippen LogP contribution in [0.3, 0.4) is 0 Å². The summed E-state index contributed by atoms with van der Waals surface area (Å²) in [6, 6.07) is 0. The first kappa shape index (κ1) is 14.0. The molecule has 1 aromatic rings. The molecular weight excluding hydrogens is 242 g/mol. The fraction of sp³-hybridized carbons (Fsp3) is 0.769. The second-order valence-electron chi connectivity index (χ2n) is 5.54. The topological polar surface area (TPSA) is 87.9 Å². The number of H-pyrrole nitrogens is 1. The molecule has 1 aliphatic rings. The number of amides is 1.